The number of benzene rings is 3. The van der Waals surface area contributed by atoms with Gasteiger partial charge in [0.25, 0.3) is 0 Å². The summed E-state index contributed by atoms with van der Waals surface area (Å²) >= 11 is 6.32. The monoisotopic (exact) mass is 571 g/mol. The van der Waals surface area contributed by atoms with E-state index in [0.717, 1.165) is 28.1 Å². The van der Waals surface area contributed by atoms with Gasteiger partial charge in [-0.2, -0.15) is 0 Å². The third-order valence-corrected chi connectivity index (χ3v) is 7.55. The Bertz CT molecular complexity index is 1370. The second-order valence-electron chi connectivity index (χ2n) is 9.09. The van der Waals surface area contributed by atoms with Crippen LogP contribution in [0.1, 0.15) is 24.5 Å². The van der Waals surface area contributed by atoms with Gasteiger partial charge < -0.3 is 15.0 Å². The lowest BCUT2D eigenvalue weighted by atomic mass is 10.0. The Morgan fingerprint density at radius 1 is 0.974 bits per heavy atom. The van der Waals surface area contributed by atoms with Crippen molar-refractivity contribution < 1.29 is 22.7 Å². The highest BCUT2D eigenvalue weighted by Crippen LogP contribution is 2.28. The Balaban J connectivity index is 2.06. The number of amides is 2. The molecule has 3 aromatic carbocycles. The van der Waals surface area contributed by atoms with Crippen LogP contribution in [0.2, 0.25) is 5.02 Å². The number of sulfonamides is 1. The van der Waals surface area contributed by atoms with E-state index in [9.17, 15) is 18.0 Å². The molecule has 2 amide bonds. The average molecular weight is 572 g/mol. The molecule has 0 unspecified atom stereocenters. The number of methoxy groups -OCH3 is 1. The molecule has 208 valence electrons. The van der Waals surface area contributed by atoms with Crippen molar-refractivity contribution in [3.8, 4) is 5.75 Å². The van der Waals surface area contributed by atoms with Crippen LogP contribution in [-0.2, 0) is 32.6 Å². The van der Waals surface area contributed by atoms with E-state index in [2.05, 4.69) is 5.32 Å². The quantitative estimate of drug-likeness (QED) is 0.330. The number of rotatable bonds is 13. The van der Waals surface area contributed by atoms with Gasteiger partial charge in [-0.3, -0.25) is 13.9 Å². The summed E-state index contributed by atoms with van der Waals surface area (Å²) in [4.78, 5) is 28.9. The number of hydrogen-bond donors (Lipinski definition) is 1. The Labute approximate surface area is 235 Å². The molecule has 0 spiro atoms. The largest absolute Gasteiger partial charge is 0.497 e. The van der Waals surface area contributed by atoms with Gasteiger partial charge in [-0.05, 0) is 41.8 Å². The van der Waals surface area contributed by atoms with E-state index in [1.54, 1.807) is 49.6 Å². The lowest BCUT2D eigenvalue weighted by molar-refractivity contribution is -0.140. The molecule has 1 N–H and O–H groups in total. The normalized spacial score (nSPS) is 11.9. The fourth-order valence-corrected chi connectivity index (χ4v) is 5.29. The zero-order valence-corrected chi connectivity index (χ0v) is 23.9. The molecule has 0 bridgehead atoms. The van der Waals surface area contributed by atoms with Crippen LogP contribution in [0.25, 0.3) is 0 Å². The SMILES string of the molecule is CCCNC(=O)[C@H](Cc1ccccc1)N(Cc1cccc(OC)c1)C(=O)CN(c1ccccc1Cl)S(C)(=O)=O. The van der Waals surface area contributed by atoms with Gasteiger partial charge in [-0.15, -0.1) is 0 Å². The lowest BCUT2D eigenvalue weighted by Crippen LogP contribution is -2.53. The minimum absolute atomic E-state index is 0.0627. The Morgan fingerprint density at radius 3 is 2.28 bits per heavy atom. The average Bonchev–Trinajstić information content (AvgIpc) is 2.92. The number of halogens is 1. The van der Waals surface area contributed by atoms with Crippen LogP contribution in [0.3, 0.4) is 0 Å². The van der Waals surface area contributed by atoms with Crippen LogP contribution in [0, 0.1) is 0 Å². The van der Waals surface area contributed by atoms with Crippen molar-refractivity contribution >= 4 is 39.1 Å². The second kappa shape index (κ2) is 14.0. The zero-order chi connectivity index (χ0) is 28.4. The van der Waals surface area contributed by atoms with Crippen molar-refractivity contribution in [3.63, 3.8) is 0 Å². The summed E-state index contributed by atoms with van der Waals surface area (Å²) in [6, 6.07) is 22.1. The van der Waals surface area contributed by atoms with Crippen molar-refractivity contribution in [2.45, 2.75) is 32.4 Å². The van der Waals surface area contributed by atoms with Gasteiger partial charge in [0.1, 0.15) is 18.3 Å². The lowest BCUT2D eigenvalue weighted by Gasteiger charge is -2.33. The summed E-state index contributed by atoms with van der Waals surface area (Å²) in [6.45, 7) is 1.92. The van der Waals surface area contributed by atoms with E-state index < -0.39 is 28.5 Å². The number of anilines is 1. The van der Waals surface area contributed by atoms with Crippen molar-refractivity contribution in [1.29, 1.82) is 0 Å². The highest BCUT2D eigenvalue weighted by molar-refractivity contribution is 7.92. The summed E-state index contributed by atoms with van der Waals surface area (Å²) in [5.74, 6) is -0.264. The number of carbonyl (C=O) groups excluding carboxylic acids is 2. The van der Waals surface area contributed by atoms with Crippen LogP contribution in [0.4, 0.5) is 5.69 Å². The first-order valence-corrected chi connectivity index (χ1v) is 14.8. The Kier molecular flexibility index (Phi) is 10.8. The minimum Gasteiger partial charge on any atom is -0.497 e. The van der Waals surface area contributed by atoms with E-state index in [1.165, 1.54) is 4.90 Å². The molecule has 0 fully saturated rings. The fraction of sp³-hybridized carbons (Fsp3) is 0.310. The van der Waals surface area contributed by atoms with Crippen molar-refractivity contribution in [2.75, 3.05) is 30.8 Å². The summed E-state index contributed by atoms with van der Waals surface area (Å²) in [7, 11) is -2.34. The number of nitrogens with one attached hydrogen (secondary N) is 1. The summed E-state index contributed by atoms with van der Waals surface area (Å²) < 4.78 is 32.0. The molecule has 1 atom stereocenters. The van der Waals surface area contributed by atoms with Crippen molar-refractivity contribution in [3.05, 3.63) is 95.0 Å². The van der Waals surface area contributed by atoms with E-state index in [0.29, 0.717) is 12.3 Å². The van der Waals surface area contributed by atoms with E-state index in [4.69, 9.17) is 16.3 Å². The summed E-state index contributed by atoms with van der Waals surface area (Å²) in [5.41, 5.74) is 1.78. The highest BCUT2D eigenvalue weighted by Gasteiger charge is 2.33. The molecule has 0 saturated carbocycles. The standard InChI is InChI=1S/C29H34ClN3O5S/c1-4-17-31-29(35)27(19-22-11-6-5-7-12-22)32(20-23-13-10-14-24(18-23)38-2)28(34)21-33(39(3,36)37)26-16-9-8-15-25(26)30/h5-16,18,27H,4,17,19-21H2,1-3H3,(H,31,35)/t27-/m0/s1. The number of ether oxygens (including phenoxy) is 1. The number of carbonyl (C=O) groups is 2. The number of para-hydroxylation sites is 1. The molecular weight excluding hydrogens is 538 g/mol. The predicted molar refractivity (Wildman–Crippen MR) is 154 cm³/mol. The molecule has 8 nitrogen and oxygen atoms in total. The van der Waals surface area contributed by atoms with E-state index in [1.807, 2.05) is 43.3 Å². The van der Waals surface area contributed by atoms with Crippen LogP contribution >= 0.6 is 11.6 Å². The number of hydrogen-bond acceptors (Lipinski definition) is 5. The highest BCUT2D eigenvalue weighted by atomic mass is 35.5. The van der Waals surface area contributed by atoms with Crippen LogP contribution in [-0.4, -0.2) is 57.6 Å². The molecule has 0 aliphatic heterocycles. The van der Waals surface area contributed by atoms with Crippen LogP contribution < -0.4 is 14.4 Å². The minimum atomic E-state index is -3.89. The first kappa shape index (κ1) is 30.0. The zero-order valence-electron chi connectivity index (χ0n) is 22.3. The molecule has 0 aromatic heterocycles. The second-order valence-corrected chi connectivity index (χ2v) is 11.4. The smallest absolute Gasteiger partial charge is 0.244 e. The molecular formula is C29H34ClN3O5S. The maximum Gasteiger partial charge on any atom is 0.244 e. The molecule has 0 aliphatic carbocycles. The van der Waals surface area contributed by atoms with Crippen LogP contribution in [0.15, 0.2) is 78.9 Å². The van der Waals surface area contributed by atoms with Crippen molar-refractivity contribution in [1.82, 2.24) is 10.2 Å². The summed E-state index contributed by atoms with van der Waals surface area (Å²) in [5, 5.41) is 3.10. The third kappa shape index (κ3) is 8.46. The molecule has 39 heavy (non-hydrogen) atoms. The van der Waals surface area contributed by atoms with E-state index >= 15 is 0 Å². The Hall–Kier alpha value is -3.56. The molecule has 10 heteroatoms. The Morgan fingerprint density at radius 2 is 1.64 bits per heavy atom. The first-order chi connectivity index (χ1) is 18.6. The molecule has 0 saturated heterocycles. The number of nitrogens with zero attached hydrogens (tertiary/aromatic N) is 2. The van der Waals surface area contributed by atoms with Gasteiger partial charge >= 0.3 is 0 Å². The maximum absolute atomic E-state index is 14.0. The van der Waals surface area contributed by atoms with Crippen LogP contribution in [0.5, 0.6) is 5.75 Å². The van der Waals surface area contributed by atoms with Gasteiger partial charge in [-0.25, -0.2) is 8.42 Å². The molecule has 3 aromatic rings. The third-order valence-electron chi connectivity index (χ3n) is 6.11. The maximum atomic E-state index is 14.0. The molecule has 0 aliphatic rings. The van der Waals surface area contributed by atoms with Gasteiger partial charge in [-0.1, -0.05) is 73.1 Å². The summed E-state index contributed by atoms with van der Waals surface area (Å²) in [6.07, 6.45) is 1.99. The molecule has 0 heterocycles. The fourth-order valence-electron chi connectivity index (χ4n) is 4.14. The predicted octanol–water partition coefficient (Wildman–Crippen LogP) is 4.28. The molecule has 3 rings (SSSR count). The van der Waals surface area contributed by atoms with Gasteiger partial charge in [0.2, 0.25) is 21.8 Å². The van der Waals surface area contributed by atoms with Gasteiger partial charge in [0, 0.05) is 19.5 Å². The van der Waals surface area contributed by atoms with Gasteiger partial charge in [0.05, 0.1) is 24.1 Å². The molecule has 0 radical (unpaired) electrons. The van der Waals surface area contributed by atoms with Crippen molar-refractivity contribution in [2.24, 2.45) is 0 Å². The topological polar surface area (TPSA) is 96.0 Å². The van der Waals surface area contributed by atoms with E-state index in [-0.39, 0.29) is 29.6 Å². The van der Waals surface area contributed by atoms with Gasteiger partial charge in [0.15, 0.2) is 0 Å². The first-order valence-electron chi connectivity index (χ1n) is 12.6.